The minimum Gasteiger partial charge on any atom is -0.391 e. The number of aromatic nitrogens is 3. The Morgan fingerprint density at radius 1 is 1.22 bits per heavy atom. The molecule has 188 valence electrons. The van der Waals surface area contributed by atoms with E-state index in [1.54, 1.807) is 30.2 Å². The topological polar surface area (TPSA) is 122 Å². The van der Waals surface area contributed by atoms with Gasteiger partial charge in [-0.1, -0.05) is 22.9 Å². The van der Waals surface area contributed by atoms with Crippen LogP contribution >= 0.6 is 22.9 Å². The van der Waals surface area contributed by atoms with Gasteiger partial charge in [-0.25, -0.2) is 9.97 Å². The lowest BCUT2D eigenvalue weighted by molar-refractivity contribution is -0.129. The van der Waals surface area contributed by atoms with Crippen molar-refractivity contribution in [2.75, 3.05) is 38.7 Å². The Labute approximate surface area is 215 Å². The molecule has 1 aliphatic rings. The maximum Gasteiger partial charge on any atom is 0.251 e. The minimum absolute atomic E-state index is 0.125. The van der Waals surface area contributed by atoms with Crippen LogP contribution in [0.15, 0.2) is 36.4 Å². The first-order valence-electron chi connectivity index (χ1n) is 11.5. The SMILES string of the molecule is COCCn1c(Nc2nc3ccc(Cl)cc3s2)nc2cc(C(=O)NCC(=O)N3CC[C@H](O)C3)ccc21. The number of hydrogen-bond acceptors (Lipinski definition) is 8. The van der Waals surface area contributed by atoms with Crippen LogP contribution in [-0.2, 0) is 16.1 Å². The van der Waals surface area contributed by atoms with Crippen LogP contribution < -0.4 is 10.6 Å². The number of anilines is 2. The molecule has 2 aromatic carbocycles. The van der Waals surface area contributed by atoms with E-state index in [-0.39, 0.29) is 18.4 Å². The van der Waals surface area contributed by atoms with E-state index >= 15 is 0 Å². The molecule has 4 aromatic rings. The summed E-state index contributed by atoms with van der Waals surface area (Å²) in [6.45, 7) is 1.70. The van der Waals surface area contributed by atoms with Crippen molar-refractivity contribution in [3.05, 3.63) is 47.0 Å². The van der Waals surface area contributed by atoms with Gasteiger partial charge < -0.3 is 29.9 Å². The number of halogens is 1. The first-order chi connectivity index (χ1) is 17.4. The molecule has 1 fully saturated rings. The highest BCUT2D eigenvalue weighted by Gasteiger charge is 2.24. The van der Waals surface area contributed by atoms with E-state index in [9.17, 15) is 14.7 Å². The molecule has 1 atom stereocenters. The second-order valence-corrected chi connectivity index (χ2v) is 9.97. The highest BCUT2D eigenvalue weighted by atomic mass is 35.5. The molecular weight excluding hydrogens is 504 g/mol. The summed E-state index contributed by atoms with van der Waals surface area (Å²) in [6.07, 6.45) is 0.0621. The first kappa shape index (κ1) is 24.4. The van der Waals surface area contributed by atoms with E-state index < -0.39 is 6.10 Å². The van der Waals surface area contributed by atoms with E-state index in [2.05, 4.69) is 15.6 Å². The van der Waals surface area contributed by atoms with Crippen molar-refractivity contribution >= 4 is 67.1 Å². The molecule has 1 aliphatic heterocycles. The molecule has 0 radical (unpaired) electrons. The summed E-state index contributed by atoms with van der Waals surface area (Å²) >= 11 is 7.58. The highest BCUT2D eigenvalue weighted by Crippen LogP contribution is 2.31. The zero-order valence-corrected chi connectivity index (χ0v) is 21.1. The van der Waals surface area contributed by atoms with Gasteiger partial charge in [-0.15, -0.1) is 0 Å². The second kappa shape index (κ2) is 10.4. The molecule has 5 rings (SSSR count). The molecule has 0 saturated carbocycles. The predicted octanol–water partition coefficient (Wildman–Crippen LogP) is 3.01. The molecule has 1 saturated heterocycles. The molecule has 3 N–H and O–H groups in total. The number of hydrogen-bond donors (Lipinski definition) is 3. The van der Waals surface area contributed by atoms with Crippen molar-refractivity contribution in [1.82, 2.24) is 24.8 Å². The molecule has 3 heterocycles. The van der Waals surface area contributed by atoms with Gasteiger partial charge in [-0.3, -0.25) is 9.59 Å². The Morgan fingerprint density at radius 2 is 2.08 bits per heavy atom. The fraction of sp³-hybridized carbons (Fsp3) is 0.333. The monoisotopic (exact) mass is 528 g/mol. The Morgan fingerprint density at radius 3 is 2.86 bits per heavy atom. The summed E-state index contributed by atoms with van der Waals surface area (Å²) in [5, 5.41) is 16.9. The quantitative estimate of drug-likeness (QED) is 0.321. The number of rotatable bonds is 8. The number of β-amino-alcohol motifs (C(OH)–C–C–N with tert-alkyl or cyclic N) is 1. The van der Waals surface area contributed by atoms with Crippen LogP contribution in [0.2, 0.25) is 5.02 Å². The molecule has 0 unspecified atom stereocenters. The maximum absolute atomic E-state index is 12.7. The summed E-state index contributed by atoms with van der Waals surface area (Å²) in [6, 6.07) is 10.8. The zero-order valence-electron chi connectivity index (χ0n) is 19.5. The number of aliphatic hydroxyl groups is 1. The summed E-state index contributed by atoms with van der Waals surface area (Å²) < 4.78 is 8.21. The fourth-order valence-electron chi connectivity index (χ4n) is 4.16. The van der Waals surface area contributed by atoms with Crippen LogP contribution in [0.1, 0.15) is 16.8 Å². The van der Waals surface area contributed by atoms with E-state index in [0.29, 0.717) is 59.8 Å². The molecule has 2 aromatic heterocycles. The Bertz CT molecular complexity index is 1440. The van der Waals surface area contributed by atoms with Gasteiger partial charge in [0.25, 0.3) is 5.91 Å². The molecule has 0 aliphatic carbocycles. The van der Waals surface area contributed by atoms with Gasteiger partial charge in [-0.2, -0.15) is 0 Å². The molecule has 12 heteroatoms. The van der Waals surface area contributed by atoms with Crippen LogP contribution in [0.5, 0.6) is 0 Å². The summed E-state index contributed by atoms with van der Waals surface area (Å²) in [5.74, 6) is -0.00467. The van der Waals surface area contributed by atoms with Crippen LogP contribution in [0.4, 0.5) is 11.1 Å². The van der Waals surface area contributed by atoms with E-state index in [1.807, 2.05) is 22.8 Å². The Kier molecular flexibility index (Phi) is 7.06. The average Bonchev–Trinajstić information content (AvgIpc) is 3.56. The number of methoxy groups -OCH3 is 1. The van der Waals surface area contributed by atoms with Crippen molar-refractivity contribution in [3.63, 3.8) is 0 Å². The van der Waals surface area contributed by atoms with E-state index in [0.717, 1.165) is 15.7 Å². The van der Waals surface area contributed by atoms with Crippen molar-refractivity contribution in [3.8, 4) is 0 Å². The number of ether oxygens (including phenoxy) is 1. The van der Waals surface area contributed by atoms with Crippen LogP contribution in [0.25, 0.3) is 21.3 Å². The molecular formula is C24H25ClN6O4S. The summed E-state index contributed by atoms with van der Waals surface area (Å²) in [7, 11) is 1.64. The van der Waals surface area contributed by atoms with Crippen molar-refractivity contribution in [2.45, 2.75) is 19.1 Å². The van der Waals surface area contributed by atoms with Crippen molar-refractivity contribution in [2.24, 2.45) is 0 Å². The number of thiazole rings is 1. The van der Waals surface area contributed by atoms with Gasteiger partial charge in [0.15, 0.2) is 5.13 Å². The van der Waals surface area contributed by atoms with Crippen LogP contribution in [0, 0.1) is 0 Å². The van der Waals surface area contributed by atoms with Gasteiger partial charge in [0, 0.05) is 37.3 Å². The fourth-order valence-corrected chi connectivity index (χ4v) is 5.30. The van der Waals surface area contributed by atoms with Crippen LogP contribution in [-0.4, -0.2) is 75.8 Å². The lowest BCUT2D eigenvalue weighted by Crippen LogP contribution is -2.39. The van der Waals surface area contributed by atoms with E-state index in [4.69, 9.17) is 21.3 Å². The molecule has 0 spiro atoms. The van der Waals surface area contributed by atoms with Gasteiger partial charge >= 0.3 is 0 Å². The number of benzene rings is 2. The number of likely N-dealkylation sites (tertiary alicyclic amines) is 1. The Balaban J connectivity index is 1.36. The van der Waals surface area contributed by atoms with E-state index in [1.165, 1.54) is 11.3 Å². The number of nitrogens with zero attached hydrogens (tertiary/aromatic N) is 4. The van der Waals surface area contributed by atoms with Crippen LogP contribution in [0.3, 0.4) is 0 Å². The summed E-state index contributed by atoms with van der Waals surface area (Å²) in [5.41, 5.74) is 2.69. The summed E-state index contributed by atoms with van der Waals surface area (Å²) in [4.78, 5) is 35.9. The molecule has 0 bridgehead atoms. The van der Waals surface area contributed by atoms with Crippen molar-refractivity contribution in [1.29, 1.82) is 0 Å². The van der Waals surface area contributed by atoms with Gasteiger partial charge in [-0.05, 0) is 42.8 Å². The highest BCUT2D eigenvalue weighted by molar-refractivity contribution is 7.22. The third kappa shape index (κ3) is 5.14. The molecule has 2 amide bonds. The molecule has 10 nitrogen and oxygen atoms in total. The number of carbonyl (C=O) groups excluding carboxylic acids is 2. The van der Waals surface area contributed by atoms with Gasteiger partial charge in [0.05, 0.1) is 40.5 Å². The normalized spacial score (nSPS) is 15.6. The van der Waals surface area contributed by atoms with Crippen molar-refractivity contribution < 1.29 is 19.4 Å². The number of aliphatic hydroxyl groups excluding tert-OH is 1. The molecule has 36 heavy (non-hydrogen) atoms. The zero-order chi connectivity index (χ0) is 25.2. The number of amides is 2. The standard InChI is InChI=1S/C24H25ClN6O4S/c1-35-9-8-31-19-5-2-14(22(34)26-12-21(33)30-7-6-16(32)13-30)10-18(19)27-23(31)29-24-28-17-4-3-15(25)11-20(17)36-24/h2-5,10-11,16,32H,6-9,12-13H2,1H3,(H,26,34)(H,27,28,29)/t16-/m0/s1. The third-order valence-electron chi connectivity index (χ3n) is 6.01. The number of nitrogens with one attached hydrogen (secondary N) is 2. The number of carbonyl (C=O) groups is 2. The first-order valence-corrected chi connectivity index (χ1v) is 12.7. The third-order valence-corrected chi connectivity index (χ3v) is 7.18. The predicted molar refractivity (Wildman–Crippen MR) is 139 cm³/mol. The number of fused-ring (bicyclic) bond motifs is 2. The van der Waals surface area contributed by atoms with Gasteiger partial charge in [0.1, 0.15) is 0 Å². The largest absolute Gasteiger partial charge is 0.391 e. The van der Waals surface area contributed by atoms with Gasteiger partial charge in [0.2, 0.25) is 11.9 Å². The smallest absolute Gasteiger partial charge is 0.251 e. The lowest BCUT2D eigenvalue weighted by Gasteiger charge is -2.15. The average molecular weight is 529 g/mol. The minimum atomic E-state index is -0.497. The number of imidazole rings is 1. The Hall–Kier alpha value is -3.25. The second-order valence-electron chi connectivity index (χ2n) is 8.50. The maximum atomic E-state index is 12.7. The lowest BCUT2D eigenvalue weighted by atomic mass is 10.2.